The zero-order valence-corrected chi connectivity index (χ0v) is 16.3. The quantitative estimate of drug-likeness (QED) is 0.753. The van der Waals surface area contributed by atoms with Gasteiger partial charge in [0.15, 0.2) is 0 Å². The zero-order valence-electron chi connectivity index (χ0n) is 15.5. The molecule has 1 aromatic carbocycles. The van der Waals surface area contributed by atoms with Crippen LogP contribution in [-0.2, 0) is 33.7 Å². The van der Waals surface area contributed by atoms with Gasteiger partial charge in [-0.2, -0.15) is 0 Å². The van der Waals surface area contributed by atoms with E-state index in [9.17, 15) is 14.4 Å². The molecule has 0 spiro atoms. The monoisotopic (exact) mass is 399 g/mol. The Morgan fingerprint density at radius 2 is 2.07 bits per heavy atom. The molecule has 0 radical (unpaired) electrons. The average Bonchev–Trinajstić information content (AvgIpc) is 3.36. The molecule has 1 saturated heterocycles. The average molecular weight is 399 g/mol. The van der Waals surface area contributed by atoms with E-state index in [-0.39, 0.29) is 18.2 Å². The third-order valence-electron chi connectivity index (χ3n) is 5.07. The Balaban J connectivity index is 1.54. The van der Waals surface area contributed by atoms with Gasteiger partial charge in [-0.05, 0) is 30.4 Å². The number of hydrazine groups is 1. The number of hydrogen-bond acceptors (Lipinski definition) is 6. The molecule has 2 amide bonds. The van der Waals surface area contributed by atoms with Crippen LogP contribution < -0.4 is 10.7 Å². The molecule has 1 aliphatic heterocycles. The molecule has 1 atom stereocenters. The van der Waals surface area contributed by atoms with E-state index in [1.54, 1.807) is 5.01 Å². The number of nitrogens with one attached hydrogen (secondary N) is 2. The molecular weight excluding hydrogens is 378 g/mol. The first-order valence-electron chi connectivity index (χ1n) is 9.20. The van der Waals surface area contributed by atoms with Gasteiger partial charge in [0, 0.05) is 11.4 Å². The van der Waals surface area contributed by atoms with Crippen LogP contribution in [0.4, 0.5) is 5.00 Å². The van der Waals surface area contributed by atoms with Crippen molar-refractivity contribution in [3.8, 4) is 0 Å². The summed E-state index contributed by atoms with van der Waals surface area (Å²) in [6.45, 7) is 0.426. The number of nitrogens with zero attached hydrogens (tertiary/aromatic N) is 1. The van der Waals surface area contributed by atoms with Crippen LogP contribution in [0.15, 0.2) is 30.3 Å². The van der Waals surface area contributed by atoms with Gasteiger partial charge < -0.3 is 10.1 Å². The van der Waals surface area contributed by atoms with Crippen LogP contribution in [0, 0.1) is 0 Å². The molecule has 0 saturated carbocycles. The highest BCUT2D eigenvalue weighted by molar-refractivity contribution is 7.17. The largest absolute Gasteiger partial charge is 0.465 e. The van der Waals surface area contributed by atoms with Crippen LogP contribution in [0.3, 0.4) is 0 Å². The normalized spacial score (nSPS) is 18.6. The number of methoxy groups -OCH3 is 1. The van der Waals surface area contributed by atoms with Crippen molar-refractivity contribution in [1.29, 1.82) is 0 Å². The van der Waals surface area contributed by atoms with Gasteiger partial charge in [0.1, 0.15) is 11.0 Å². The van der Waals surface area contributed by atoms with Crippen molar-refractivity contribution in [2.24, 2.45) is 0 Å². The number of hydrogen-bond donors (Lipinski definition) is 2. The van der Waals surface area contributed by atoms with Crippen LogP contribution in [0.5, 0.6) is 0 Å². The van der Waals surface area contributed by atoms with Gasteiger partial charge in [0.05, 0.1) is 19.1 Å². The summed E-state index contributed by atoms with van der Waals surface area (Å²) in [7, 11) is 1.34. The first-order valence-corrected chi connectivity index (χ1v) is 10.0. The summed E-state index contributed by atoms with van der Waals surface area (Å²) in [6, 6.07) is 8.99. The van der Waals surface area contributed by atoms with E-state index in [0.29, 0.717) is 17.1 Å². The van der Waals surface area contributed by atoms with Crippen molar-refractivity contribution in [2.45, 2.75) is 38.3 Å². The number of rotatable bonds is 5. The number of thiophene rings is 1. The van der Waals surface area contributed by atoms with Crippen molar-refractivity contribution in [3.63, 3.8) is 0 Å². The standard InChI is InChI=1S/C20H21N3O4S/c1-27-20(26)17-13-8-5-9-15(13)28-19(17)21-18(25)14-10-16(24)22-23(14)11-12-6-3-2-4-7-12/h2-4,6-7,14H,5,8-11H2,1H3,(H,21,25)(H,22,24)/t14-/m1/s1. The maximum atomic E-state index is 13.0. The van der Waals surface area contributed by atoms with E-state index in [0.717, 1.165) is 35.3 Å². The molecule has 146 valence electrons. The molecule has 28 heavy (non-hydrogen) atoms. The lowest BCUT2D eigenvalue weighted by atomic mass is 10.1. The molecule has 2 N–H and O–H groups in total. The first-order chi connectivity index (χ1) is 13.6. The van der Waals surface area contributed by atoms with E-state index in [1.807, 2.05) is 30.3 Å². The van der Waals surface area contributed by atoms with Crippen molar-refractivity contribution in [2.75, 3.05) is 12.4 Å². The summed E-state index contributed by atoms with van der Waals surface area (Å²) in [5.41, 5.74) is 5.18. The van der Waals surface area contributed by atoms with E-state index < -0.39 is 12.0 Å². The summed E-state index contributed by atoms with van der Waals surface area (Å²) in [5, 5.41) is 5.04. The molecule has 7 nitrogen and oxygen atoms in total. The molecule has 1 aliphatic carbocycles. The number of anilines is 1. The summed E-state index contributed by atoms with van der Waals surface area (Å²) >= 11 is 1.43. The number of esters is 1. The van der Waals surface area contributed by atoms with E-state index in [4.69, 9.17) is 4.74 Å². The van der Waals surface area contributed by atoms with E-state index >= 15 is 0 Å². The lowest BCUT2D eigenvalue weighted by Gasteiger charge is -2.22. The first kappa shape index (κ1) is 18.6. The van der Waals surface area contributed by atoms with Gasteiger partial charge in [-0.15, -0.1) is 11.3 Å². The Morgan fingerprint density at radius 3 is 2.82 bits per heavy atom. The van der Waals surface area contributed by atoms with Crippen LogP contribution in [-0.4, -0.2) is 35.9 Å². The van der Waals surface area contributed by atoms with Crippen molar-refractivity contribution in [3.05, 3.63) is 51.9 Å². The highest BCUT2D eigenvalue weighted by atomic mass is 32.1. The fourth-order valence-corrected chi connectivity index (χ4v) is 5.02. The fraction of sp³-hybridized carbons (Fsp3) is 0.350. The Labute approximate surface area is 166 Å². The van der Waals surface area contributed by atoms with Gasteiger partial charge in [0.25, 0.3) is 0 Å². The van der Waals surface area contributed by atoms with Crippen molar-refractivity contribution in [1.82, 2.24) is 10.4 Å². The van der Waals surface area contributed by atoms with Gasteiger partial charge >= 0.3 is 5.97 Å². The predicted molar refractivity (Wildman–Crippen MR) is 105 cm³/mol. The SMILES string of the molecule is COC(=O)c1c(NC(=O)[C@H]2CC(=O)NN2Cc2ccccc2)sc2c1CCC2. The number of aryl methyl sites for hydroxylation is 1. The lowest BCUT2D eigenvalue weighted by Crippen LogP contribution is -2.43. The van der Waals surface area contributed by atoms with E-state index in [2.05, 4.69) is 10.7 Å². The molecule has 1 fully saturated rings. The summed E-state index contributed by atoms with van der Waals surface area (Å²) in [6.07, 6.45) is 2.81. The van der Waals surface area contributed by atoms with Gasteiger partial charge in [-0.1, -0.05) is 30.3 Å². The maximum Gasteiger partial charge on any atom is 0.341 e. The smallest absolute Gasteiger partial charge is 0.341 e. The molecule has 0 bridgehead atoms. The van der Waals surface area contributed by atoms with Crippen LogP contribution >= 0.6 is 11.3 Å². The minimum atomic E-state index is -0.643. The van der Waals surface area contributed by atoms with Crippen LogP contribution in [0.2, 0.25) is 0 Å². The second kappa shape index (κ2) is 7.73. The van der Waals surface area contributed by atoms with Crippen LogP contribution in [0.25, 0.3) is 0 Å². The third kappa shape index (κ3) is 3.53. The summed E-state index contributed by atoms with van der Waals surface area (Å²) in [5.74, 6) is -0.936. The molecule has 0 unspecified atom stereocenters. The highest BCUT2D eigenvalue weighted by Gasteiger charge is 2.37. The Bertz CT molecular complexity index is 925. The minimum Gasteiger partial charge on any atom is -0.465 e. The Hall–Kier alpha value is -2.71. The maximum absolute atomic E-state index is 13.0. The van der Waals surface area contributed by atoms with Gasteiger partial charge in [0.2, 0.25) is 11.8 Å². The van der Waals surface area contributed by atoms with Crippen molar-refractivity contribution < 1.29 is 19.1 Å². The second-order valence-electron chi connectivity index (χ2n) is 6.91. The molecule has 2 aliphatic rings. The number of fused-ring (bicyclic) bond motifs is 1. The van der Waals surface area contributed by atoms with Gasteiger partial charge in [-0.25, -0.2) is 9.80 Å². The summed E-state index contributed by atoms with van der Waals surface area (Å²) in [4.78, 5) is 38.3. The summed E-state index contributed by atoms with van der Waals surface area (Å²) < 4.78 is 4.92. The molecule has 2 heterocycles. The van der Waals surface area contributed by atoms with Gasteiger partial charge in [-0.3, -0.25) is 15.0 Å². The van der Waals surface area contributed by atoms with Crippen molar-refractivity contribution >= 4 is 34.1 Å². The number of carbonyl (C=O) groups excluding carboxylic acids is 3. The Kier molecular flexibility index (Phi) is 5.15. The minimum absolute atomic E-state index is 0.0807. The van der Waals surface area contributed by atoms with Crippen LogP contribution in [0.1, 0.15) is 39.2 Å². The molecule has 4 rings (SSSR count). The molecular formula is C20H21N3O4S. The number of ether oxygens (including phenoxy) is 1. The fourth-order valence-electron chi connectivity index (χ4n) is 3.74. The number of benzene rings is 1. The lowest BCUT2D eigenvalue weighted by molar-refractivity contribution is -0.121. The highest BCUT2D eigenvalue weighted by Crippen LogP contribution is 2.39. The molecule has 2 aromatic rings. The second-order valence-corrected chi connectivity index (χ2v) is 8.02. The number of carbonyl (C=O) groups is 3. The Morgan fingerprint density at radius 1 is 1.29 bits per heavy atom. The molecule has 8 heteroatoms. The third-order valence-corrected chi connectivity index (χ3v) is 6.28. The number of amides is 2. The molecule has 1 aromatic heterocycles. The van der Waals surface area contributed by atoms with E-state index in [1.165, 1.54) is 18.4 Å². The zero-order chi connectivity index (χ0) is 19.7. The predicted octanol–water partition coefficient (Wildman–Crippen LogP) is 2.27. The topological polar surface area (TPSA) is 87.7 Å².